The molecule has 5 rings (SSSR count). The summed E-state index contributed by atoms with van der Waals surface area (Å²) in [5, 5.41) is 0. The Labute approximate surface area is 249 Å². The van der Waals surface area contributed by atoms with Crippen LogP contribution in [0.25, 0.3) is 0 Å². The van der Waals surface area contributed by atoms with Gasteiger partial charge in [-0.05, 0) is 88.2 Å². The Morgan fingerprint density at radius 1 is 0.762 bits per heavy atom. The van der Waals surface area contributed by atoms with E-state index in [-0.39, 0.29) is 16.3 Å². The fourth-order valence-corrected chi connectivity index (χ4v) is 8.15. The summed E-state index contributed by atoms with van der Waals surface area (Å²) in [5.41, 5.74) is 2.61. The molecule has 0 aliphatic carbocycles. The third kappa shape index (κ3) is 6.54. The molecule has 2 heterocycles. The first-order valence-corrected chi connectivity index (χ1v) is 17.1. The van der Waals surface area contributed by atoms with Crippen molar-refractivity contribution in [2.24, 2.45) is 4.40 Å². The van der Waals surface area contributed by atoms with E-state index < -0.39 is 26.2 Å². The summed E-state index contributed by atoms with van der Waals surface area (Å²) in [6, 6.07) is 20.7. The van der Waals surface area contributed by atoms with E-state index in [4.69, 9.17) is 4.74 Å². The van der Waals surface area contributed by atoms with Gasteiger partial charge in [0.1, 0.15) is 17.8 Å². The zero-order valence-corrected chi connectivity index (χ0v) is 25.9. The van der Waals surface area contributed by atoms with Crippen molar-refractivity contribution in [3.63, 3.8) is 0 Å². The van der Waals surface area contributed by atoms with Crippen molar-refractivity contribution in [1.29, 1.82) is 0 Å². The fraction of sp³-hybridized carbons (Fsp3) is 0.387. The van der Waals surface area contributed by atoms with Gasteiger partial charge in [0.15, 0.2) is 0 Å². The van der Waals surface area contributed by atoms with Crippen molar-refractivity contribution >= 4 is 25.9 Å². The third-order valence-electron chi connectivity index (χ3n) is 7.83. The van der Waals surface area contributed by atoms with E-state index in [0.717, 1.165) is 37.1 Å². The van der Waals surface area contributed by atoms with Gasteiger partial charge in [0.05, 0.1) is 23.4 Å². The molecule has 2 fully saturated rings. The first-order valence-electron chi connectivity index (χ1n) is 14.2. The third-order valence-corrected chi connectivity index (χ3v) is 11.0. The summed E-state index contributed by atoms with van der Waals surface area (Å²) < 4.78 is 66.9. The van der Waals surface area contributed by atoms with Crippen LogP contribution >= 0.6 is 0 Å². The quantitative estimate of drug-likeness (QED) is 0.272. The number of likely N-dealkylation sites (tertiary alicyclic amines) is 1. The van der Waals surface area contributed by atoms with Crippen LogP contribution in [0.3, 0.4) is 0 Å². The summed E-state index contributed by atoms with van der Waals surface area (Å²) in [5.74, 6) is 0.976. The van der Waals surface area contributed by atoms with Crippen LogP contribution in [0.4, 0.5) is 0 Å². The number of methoxy groups -OCH3 is 1. The Bertz CT molecular complexity index is 1620. The number of hydrogen-bond donors (Lipinski definition) is 0. The molecule has 0 bridgehead atoms. The highest BCUT2D eigenvalue weighted by molar-refractivity contribution is 7.90. The van der Waals surface area contributed by atoms with Gasteiger partial charge in [-0.2, -0.15) is 12.7 Å². The molecule has 0 aromatic heterocycles. The lowest BCUT2D eigenvalue weighted by molar-refractivity contribution is 0.120. The van der Waals surface area contributed by atoms with Gasteiger partial charge in [-0.1, -0.05) is 47.5 Å². The zero-order valence-electron chi connectivity index (χ0n) is 24.3. The minimum absolute atomic E-state index is 0.106. The minimum Gasteiger partial charge on any atom is -0.497 e. The fourth-order valence-electron chi connectivity index (χ4n) is 5.50. The van der Waals surface area contributed by atoms with Gasteiger partial charge in [-0.3, -0.25) is 4.90 Å². The van der Waals surface area contributed by atoms with Crippen molar-refractivity contribution in [2.45, 2.75) is 49.1 Å². The van der Waals surface area contributed by atoms with Gasteiger partial charge < -0.3 is 9.64 Å². The van der Waals surface area contributed by atoms with Crippen LogP contribution in [0, 0.1) is 13.8 Å². The predicted octanol–water partition coefficient (Wildman–Crippen LogP) is 4.59. The van der Waals surface area contributed by atoms with E-state index >= 15 is 0 Å². The highest BCUT2D eigenvalue weighted by atomic mass is 32.2. The summed E-state index contributed by atoms with van der Waals surface area (Å²) in [6.45, 7) is 6.50. The monoisotopic (exact) mass is 610 g/mol. The molecule has 3 aromatic carbocycles. The molecule has 0 saturated carbocycles. The van der Waals surface area contributed by atoms with Gasteiger partial charge in [0, 0.05) is 13.1 Å². The van der Waals surface area contributed by atoms with Gasteiger partial charge in [0.2, 0.25) is 10.0 Å². The molecular weight excluding hydrogens is 572 g/mol. The lowest BCUT2D eigenvalue weighted by Crippen LogP contribution is -2.54. The van der Waals surface area contributed by atoms with Crippen LogP contribution in [0.1, 0.15) is 42.1 Å². The molecule has 1 atom stereocenters. The van der Waals surface area contributed by atoms with Crippen molar-refractivity contribution in [1.82, 2.24) is 14.1 Å². The smallest absolute Gasteiger partial charge is 0.283 e. The Kier molecular flexibility index (Phi) is 9.03. The second-order valence-electron chi connectivity index (χ2n) is 10.9. The Morgan fingerprint density at radius 2 is 1.33 bits per heavy atom. The number of hydrogen-bond acceptors (Lipinski definition) is 6. The number of amidine groups is 1. The van der Waals surface area contributed by atoms with E-state index in [1.807, 2.05) is 30.9 Å². The SMILES string of the molecule is COc1ccc([C@@H]2N(C(CN3CCCC3)=NS(=O)(=O)c3ccc(C)cc3)CCCN2S(=O)(=O)c2ccc(C)cc2)cc1. The van der Waals surface area contributed by atoms with Crippen LogP contribution in [-0.4, -0.2) is 76.6 Å². The van der Waals surface area contributed by atoms with E-state index in [2.05, 4.69) is 9.30 Å². The zero-order chi connectivity index (χ0) is 29.9. The molecular formula is C31H38N4O5S2. The maximum atomic E-state index is 14.2. The highest BCUT2D eigenvalue weighted by Crippen LogP contribution is 2.36. The van der Waals surface area contributed by atoms with E-state index in [1.165, 1.54) is 4.31 Å². The molecule has 3 aromatic rings. The molecule has 2 saturated heterocycles. The maximum Gasteiger partial charge on any atom is 0.283 e. The van der Waals surface area contributed by atoms with Crippen LogP contribution in [0.2, 0.25) is 0 Å². The average molecular weight is 611 g/mol. The van der Waals surface area contributed by atoms with Crippen LogP contribution < -0.4 is 4.74 Å². The van der Waals surface area contributed by atoms with E-state index in [0.29, 0.717) is 36.7 Å². The molecule has 2 aliphatic heterocycles. The Hall–Kier alpha value is -3.25. The average Bonchev–Trinajstić information content (AvgIpc) is 3.50. The predicted molar refractivity (Wildman–Crippen MR) is 164 cm³/mol. The molecule has 42 heavy (non-hydrogen) atoms. The van der Waals surface area contributed by atoms with Crippen LogP contribution in [0.15, 0.2) is 87.0 Å². The summed E-state index contributed by atoms with van der Waals surface area (Å²) in [6.07, 6.45) is 1.76. The number of aryl methyl sites for hydroxylation is 2. The molecule has 0 radical (unpaired) electrons. The van der Waals surface area contributed by atoms with Gasteiger partial charge in [-0.15, -0.1) is 4.40 Å². The van der Waals surface area contributed by atoms with Crippen molar-refractivity contribution in [3.05, 3.63) is 89.5 Å². The standard InChI is InChI=1S/C31H38N4O5S2/c1-24-7-15-28(16-8-24)41(36,37)32-30(23-33-19-4-5-20-33)34-21-6-22-35(31(34)26-11-13-27(40-3)14-12-26)42(38,39)29-17-9-25(2)10-18-29/h7-18,31H,4-6,19-23H2,1-3H3/t31-/m1/s1. The number of rotatable bonds is 8. The van der Waals surface area contributed by atoms with Gasteiger partial charge >= 0.3 is 0 Å². The second-order valence-corrected chi connectivity index (χ2v) is 14.4. The molecule has 2 aliphatic rings. The van der Waals surface area contributed by atoms with Gasteiger partial charge in [0.25, 0.3) is 10.0 Å². The van der Waals surface area contributed by atoms with Crippen molar-refractivity contribution < 1.29 is 21.6 Å². The maximum absolute atomic E-state index is 14.2. The summed E-state index contributed by atoms with van der Waals surface area (Å²) >= 11 is 0. The number of sulfonamides is 2. The Balaban J connectivity index is 1.64. The summed E-state index contributed by atoms with van der Waals surface area (Å²) in [4.78, 5) is 4.34. The first-order chi connectivity index (χ1) is 20.1. The van der Waals surface area contributed by atoms with E-state index in [1.54, 1.807) is 67.8 Å². The van der Waals surface area contributed by atoms with Crippen molar-refractivity contribution in [2.75, 3.05) is 39.8 Å². The second kappa shape index (κ2) is 12.5. The molecule has 11 heteroatoms. The lowest BCUT2D eigenvalue weighted by Gasteiger charge is -2.45. The number of nitrogens with zero attached hydrogens (tertiary/aromatic N) is 4. The largest absolute Gasteiger partial charge is 0.497 e. The van der Waals surface area contributed by atoms with Crippen molar-refractivity contribution in [3.8, 4) is 5.75 Å². The molecule has 224 valence electrons. The molecule has 0 amide bonds. The topological polar surface area (TPSA) is 99.6 Å². The minimum atomic E-state index is -4.06. The van der Waals surface area contributed by atoms with E-state index in [9.17, 15) is 16.8 Å². The Morgan fingerprint density at radius 3 is 1.90 bits per heavy atom. The van der Waals surface area contributed by atoms with Gasteiger partial charge in [-0.25, -0.2) is 8.42 Å². The molecule has 0 N–H and O–H groups in total. The first kappa shape index (κ1) is 30.2. The molecule has 0 spiro atoms. The number of ether oxygens (including phenoxy) is 1. The summed E-state index contributed by atoms with van der Waals surface area (Å²) in [7, 11) is -6.43. The lowest BCUT2D eigenvalue weighted by atomic mass is 10.1. The number of benzene rings is 3. The normalized spacial score (nSPS) is 19.3. The van der Waals surface area contributed by atoms with Crippen LogP contribution in [0.5, 0.6) is 5.75 Å². The highest BCUT2D eigenvalue weighted by Gasteiger charge is 2.41. The molecule has 0 unspecified atom stereocenters. The molecule has 9 nitrogen and oxygen atoms in total. The van der Waals surface area contributed by atoms with Crippen LogP contribution in [-0.2, 0) is 20.0 Å².